The second-order valence-electron chi connectivity index (χ2n) is 5.89. The van der Waals surface area contributed by atoms with Crippen LogP contribution in [-0.2, 0) is 6.54 Å². The fourth-order valence-corrected chi connectivity index (χ4v) is 3.15. The summed E-state index contributed by atoms with van der Waals surface area (Å²) in [6.07, 6.45) is 7.99. The molecule has 0 bridgehead atoms. The second-order valence-corrected chi connectivity index (χ2v) is 6.30. The van der Waals surface area contributed by atoms with Crippen molar-refractivity contribution in [2.24, 2.45) is 0 Å². The third-order valence-electron chi connectivity index (χ3n) is 4.20. The van der Waals surface area contributed by atoms with E-state index in [1.807, 2.05) is 10.7 Å². The van der Waals surface area contributed by atoms with Crippen molar-refractivity contribution in [2.45, 2.75) is 44.7 Å². The van der Waals surface area contributed by atoms with Crippen molar-refractivity contribution in [1.82, 2.24) is 15.1 Å². The summed E-state index contributed by atoms with van der Waals surface area (Å²) >= 11 is 5.35. The number of thiocarbonyl (C=S) groups is 1. The largest absolute Gasteiger partial charge is 0.358 e. The molecule has 0 unspecified atom stereocenters. The van der Waals surface area contributed by atoms with Gasteiger partial charge in [0.05, 0.1) is 12.2 Å². The van der Waals surface area contributed by atoms with Crippen LogP contribution in [0.25, 0.3) is 0 Å². The zero-order valence-corrected chi connectivity index (χ0v) is 13.8. The third-order valence-corrected chi connectivity index (χ3v) is 4.45. The van der Waals surface area contributed by atoms with Gasteiger partial charge in [0.2, 0.25) is 0 Å². The third kappa shape index (κ3) is 4.28. The summed E-state index contributed by atoms with van der Waals surface area (Å²) in [5.74, 6) is 0.694. The lowest BCUT2D eigenvalue weighted by molar-refractivity contribution is 0.333. The van der Waals surface area contributed by atoms with Crippen LogP contribution >= 0.6 is 12.2 Å². The van der Waals surface area contributed by atoms with Crippen molar-refractivity contribution in [3.05, 3.63) is 47.9 Å². The molecule has 1 aliphatic carbocycles. The Hall–Kier alpha value is -1.95. The highest BCUT2D eigenvalue weighted by atomic mass is 32.1. The lowest BCUT2D eigenvalue weighted by Crippen LogP contribution is -2.29. The van der Waals surface area contributed by atoms with E-state index in [2.05, 4.69) is 15.7 Å². The molecule has 1 fully saturated rings. The van der Waals surface area contributed by atoms with Crippen LogP contribution in [0.2, 0.25) is 0 Å². The number of hydrogen-bond donors (Lipinski definition) is 2. The number of nitrogens with zero attached hydrogens (tertiary/aromatic N) is 2. The fraction of sp³-hybridized carbons (Fsp3) is 0.412. The van der Waals surface area contributed by atoms with Gasteiger partial charge in [0.15, 0.2) is 5.11 Å². The molecule has 0 aliphatic heterocycles. The van der Waals surface area contributed by atoms with Gasteiger partial charge in [-0.15, -0.1) is 0 Å². The van der Waals surface area contributed by atoms with Crippen LogP contribution in [-0.4, -0.2) is 14.9 Å². The maximum absolute atomic E-state index is 12.9. The average molecular weight is 332 g/mol. The molecule has 2 aromatic rings. The molecular weight excluding hydrogens is 311 g/mol. The minimum absolute atomic E-state index is 0.231. The van der Waals surface area contributed by atoms with Gasteiger partial charge in [-0.2, -0.15) is 5.10 Å². The van der Waals surface area contributed by atoms with Crippen molar-refractivity contribution in [1.29, 1.82) is 0 Å². The summed E-state index contributed by atoms with van der Waals surface area (Å²) in [7, 11) is 0. The number of aromatic nitrogens is 2. The van der Waals surface area contributed by atoms with Crippen LogP contribution < -0.4 is 10.6 Å². The standard InChI is InChI=1S/C17H21FN4S/c18-14-8-6-13(7-9-14)12-19-17(23)21-16-10-11-20-22(16)15-4-2-1-3-5-15/h6-11,15H,1-5,12H2,(H2,19,21,23). The van der Waals surface area contributed by atoms with Crippen LogP contribution in [0.15, 0.2) is 36.5 Å². The number of halogens is 1. The molecule has 1 aliphatic rings. The van der Waals surface area contributed by atoms with E-state index in [9.17, 15) is 4.39 Å². The van der Waals surface area contributed by atoms with Gasteiger partial charge in [0.25, 0.3) is 0 Å². The molecule has 4 nitrogen and oxygen atoms in total. The average Bonchev–Trinajstić information content (AvgIpc) is 3.03. The number of benzene rings is 1. The van der Waals surface area contributed by atoms with E-state index in [-0.39, 0.29) is 5.82 Å². The molecule has 23 heavy (non-hydrogen) atoms. The van der Waals surface area contributed by atoms with Gasteiger partial charge in [0, 0.05) is 12.6 Å². The normalized spacial score (nSPS) is 15.3. The van der Waals surface area contributed by atoms with Crippen molar-refractivity contribution >= 4 is 23.1 Å². The molecule has 6 heteroatoms. The molecule has 1 aromatic carbocycles. The summed E-state index contributed by atoms with van der Waals surface area (Å²) in [6.45, 7) is 0.559. The highest BCUT2D eigenvalue weighted by Gasteiger charge is 2.18. The van der Waals surface area contributed by atoms with Crippen molar-refractivity contribution < 1.29 is 4.39 Å². The van der Waals surface area contributed by atoms with E-state index in [0.29, 0.717) is 17.7 Å². The topological polar surface area (TPSA) is 41.9 Å². The Balaban J connectivity index is 1.55. The van der Waals surface area contributed by atoms with Gasteiger partial charge in [-0.3, -0.25) is 0 Å². The summed E-state index contributed by atoms with van der Waals surface area (Å²) in [5, 5.41) is 11.4. The van der Waals surface area contributed by atoms with Gasteiger partial charge >= 0.3 is 0 Å². The minimum atomic E-state index is -0.231. The Morgan fingerprint density at radius 2 is 1.91 bits per heavy atom. The van der Waals surface area contributed by atoms with Gasteiger partial charge in [-0.25, -0.2) is 9.07 Å². The molecule has 0 spiro atoms. The fourth-order valence-electron chi connectivity index (χ4n) is 2.97. The Labute approximate surface area is 141 Å². The maximum Gasteiger partial charge on any atom is 0.172 e. The molecule has 0 radical (unpaired) electrons. The molecule has 1 heterocycles. The Bertz CT molecular complexity index is 647. The van der Waals surface area contributed by atoms with E-state index in [1.165, 1.54) is 44.2 Å². The highest BCUT2D eigenvalue weighted by molar-refractivity contribution is 7.80. The molecule has 0 amide bonds. The quantitative estimate of drug-likeness (QED) is 0.830. The van der Waals surface area contributed by atoms with Gasteiger partial charge in [0.1, 0.15) is 11.6 Å². The van der Waals surface area contributed by atoms with Crippen molar-refractivity contribution in [3.8, 4) is 0 Å². The predicted molar refractivity (Wildman–Crippen MR) is 93.8 cm³/mol. The summed E-state index contributed by atoms with van der Waals surface area (Å²) in [5.41, 5.74) is 0.983. The first-order valence-corrected chi connectivity index (χ1v) is 8.46. The lowest BCUT2D eigenvalue weighted by Gasteiger charge is -2.24. The van der Waals surface area contributed by atoms with E-state index < -0.39 is 0 Å². The molecule has 3 rings (SSSR count). The number of anilines is 1. The first kappa shape index (κ1) is 15.9. The molecule has 0 saturated heterocycles. The smallest absolute Gasteiger partial charge is 0.172 e. The molecule has 2 N–H and O–H groups in total. The number of nitrogens with one attached hydrogen (secondary N) is 2. The highest BCUT2D eigenvalue weighted by Crippen LogP contribution is 2.29. The zero-order valence-electron chi connectivity index (χ0n) is 13.0. The van der Waals surface area contributed by atoms with E-state index >= 15 is 0 Å². The molecular formula is C17H21FN4S. The Morgan fingerprint density at radius 1 is 1.17 bits per heavy atom. The summed E-state index contributed by atoms with van der Waals surface area (Å²) < 4.78 is 14.9. The number of hydrogen-bond acceptors (Lipinski definition) is 2. The predicted octanol–water partition coefficient (Wildman–Crippen LogP) is 4.01. The number of rotatable bonds is 4. The zero-order chi connectivity index (χ0) is 16.1. The van der Waals surface area contributed by atoms with Crippen LogP contribution in [0.3, 0.4) is 0 Å². The van der Waals surface area contributed by atoms with E-state index in [0.717, 1.165) is 11.4 Å². The Kier molecular flexibility index (Phi) is 5.23. The summed E-state index contributed by atoms with van der Waals surface area (Å²) in [4.78, 5) is 0. The van der Waals surface area contributed by atoms with Crippen molar-refractivity contribution in [3.63, 3.8) is 0 Å². The van der Waals surface area contributed by atoms with E-state index in [1.54, 1.807) is 18.3 Å². The summed E-state index contributed by atoms with van der Waals surface area (Å²) in [6, 6.07) is 8.80. The van der Waals surface area contributed by atoms with Crippen LogP contribution in [0.4, 0.5) is 10.2 Å². The molecule has 0 atom stereocenters. The van der Waals surface area contributed by atoms with Gasteiger partial charge in [-0.1, -0.05) is 31.4 Å². The first-order chi connectivity index (χ1) is 11.2. The van der Waals surface area contributed by atoms with Crippen LogP contribution in [0.5, 0.6) is 0 Å². The van der Waals surface area contributed by atoms with E-state index in [4.69, 9.17) is 12.2 Å². The van der Waals surface area contributed by atoms with Crippen molar-refractivity contribution in [2.75, 3.05) is 5.32 Å². The van der Waals surface area contributed by atoms with Gasteiger partial charge in [-0.05, 0) is 42.8 Å². The first-order valence-electron chi connectivity index (χ1n) is 8.05. The second kappa shape index (κ2) is 7.55. The van der Waals surface area contributed by atoms with Gasteiger partial charge < -0.3 is 10.6 Å². The minimum Gasteiger partial charge on any atom is -0.358 e. The maximum atomic E-state index is 12.9. The lowest BCUT2D eigenvalue weighted by atomic mass is 9.96. The van der Waals surface area contributed by atoms with Crippen LogP contribution in [0, 0.1) is 5.82 Å². The SMILES string of the molecule is Fc1ccc(CNC(=S)Nc2ccnn2C2CCCCC2)cc1. The van der Waals surface area contributed by atoms with Crippen LogP contribution in [0.1, 0.15) is 43.7 Å². The molecule has 1 saturated carbocycles. The monoisotopic (exact) mass is 332 g/mol. The molecule has 1 aromatic heterocycles. The Morgan fingerprint density at radius 3 is 2.65 bits per heavy atom. The molecule has 122 valence electrons.